The summed E-state index contributed by atoms with van der Waals surface area (Å²) in [5, 5.41) is 7.12. The van der Waals surface area contributed by atoms with Gasteiger partial charge in [-0.15, -0.1) is 0 Å². The topological polar surface area (TPSA) is 125 Å². The summed E-state index contributed by atoms with van der Waals surface area (Å²) in [5.74, 6) is -2.24. The molecule has 1 fully saturated rings. The fraction of sp³-hybridized carbons (Fsp3) is 0.679. The van der Waals surface area contributed by atoms with Gasteiger partial charge in [-0.25, -0.2) is 4.79 Å². The Morgan fingerprint density at radius 1 is 1.00 bits per heavy atom. The van der Waals surface area contributed by atoms with Gasteiger partial charge in [-0.3, -0.25) is 9.79 Å². The largest absolute Gasteiger partial charge is 0.490 e. The molecule has 0 aromatic heterocycles. The number of alkyl halides is 3. The second kappa shape index (κ2) is 19.3. The maximum atomic E-state index is 12.6. The number of carbonyl (C=O) groups excluding carboxylic acids is 1. The highest BCUT2D eigenvalue weighted by atomic mass is 19.4. The van der Waals surface area contributed by atoms with Crippen molar-refractivity contribution in [3.63, 3.8) is 0 Å². The van der Waals surface area contributed by atoms with Crippen molar-refractivity contribution >= 4 is 17.8 Å². The Labute approximate surface area is 230 Å². The number of rotatable bonds is 15. The number of carboxylic acid groups (broad SMARTS) is 1. The first-order valence-electron chi connectivity index (χ1n) is 14.0. The lowest BCUT2D eigenvalue weighted by molar-refractivity contribution is -0.192. The van der Waals surface area contributed by atoms with Crippen LogP contribution in [0.1, 0.15) is 76.7 Å². The Bertz CT molecular complexity index is 841. The van der Waals surface area contributed by atoms with Crippen molar-refractivity contribution < 1.29 is 27.9 Å². The van der Waals surface area contributed by atoms with Crippen LogP contribution in [-0.4, -0.2) is 77.7 Å². The zero-order chi connectivity index (χ0) is 29.1. The molecule has 11 heteroatoms. The normalized spacial score (nSPS) is 14.3. The third kappa shape index (κ3) is 16.0. The maximum absolute atomic E-state index is 12.6. The van der Waals surface area contributed by atoms with Crippen LogP contribution in [0.15, 0.2) is 35.3 Å². The van der Waals surface area contributed by atoms with E-state index in [9.17, 15) is 18.0 Å². The molecule has 5 N–H and O–H groups in total. The van der Waals surface area contributed by atoms with E-state index in [1.807, 2.05) is 6.92 Å². The summed E-state index contributed by atoms with van der Waals surface area (Å²) < 4.78 is 31.7. The number of amides is 1. The fourth-order valence-electron chi connectivity index (χ4n) is 4.59. The van der Waals surface area contributed by atoms with E-state index in [2.05, 4.69) is 45.1 Å². The molecule has 1 aromatic rings. The molecule has 0 spiro atoms. The van der Waals surface area contributed by atoms with Crippen molar-refractivity contribution in [3.8, 4) is 0 Å². The number of aliphatic imine (C=N–C) groups is 1. The average Bonchev–Trinajstić information content (AvgIpc) is 2.91. The second-order valence-electron chi connectivity index (χ2n) is 9.83. The van der Waals surface area contributed by atoms with Crippen LogP contribution in [0.4, 0.5) is 13.2 Å². The second-order valence-corrected chi connectivity index (χ2v) is 9.83. The molecule has 0 saturated carbocycles. The van der Waals surface area contributed by atoms with Gasteiger partial charge in [0, 0.05) is 45.2 Å². The van der Waals surface area contributed by atoms with E-state index in [4.69, 9.17) is 21.4 Å². The van der Waals surface area contributed by atoms with Gasteiger partial charge in [-0.1, -0.05) is 69.4 Å². The summed E-state index contributed by atoms with van der Waals surface area (Å²) in [6, 6.07) is 11.1. The molecule has 1 heterocycles. The SMILES string of the molecule is CCC(=O)N(CCCCCCCCCN=C(N)N)C1CCN(CCc2ccccc2)CC1.O=C(O)C(F)(F)F. The third-order valence-electron chi connectivity index (χ3n) is 6.77. The molecule has 1 saturated heterocycles. The standard InChI is InChI=1S/C26H45N5O.C2HF3O2/c1-2-25(32)31(19-12-7-5-3-4-6-11-18-29-26(27)28)24-16-21-30(22-17-24)20-15-23-13-9-8-10-14-23;3-2(4,5)1(6)7/h8-10,13-14,24H,2-7,11-12,15-22H2,1H3,(H4,27,28,29);(H,6,7). The van der Waals surface area contributed by atoms with Gasteiger partial charge in [0.25, 0.3) is 0 Å². The maximum Gasteiger partial charge on any atom is 0.490 e. The first kappa shape index (κ1) is 34.2. The first-order valence-corrected chi connectivity index (χ1v) is 14.0. The van der Waals surface area contributed by atoms with Crippen LogP contribution < -0.4 is 11.5 Å². The molecule has 1 aliphatic rings. The molecular formula is C28H46F3N5O3. The van der Waals surface area contributed by atoms with Gasteiger partial charge < -0.3 is 26.4 Å². The number of benzene rings is 1. The van der Waals surface area contributed by atoms with Crippen molar-refractivity contribution in [1.29, 1.82) is 0 Å². The molecule has 1 aromatic carbocycles. The van der Waals surface area contributed by atoms with E-state index in [0.29, 0.717) is 18.4 Å². The van der Waals surface area contributed by atoms with Crippen LogP contribution in [-0.2, 0) is 16.0 Å². The van der Waals surface area contributed by atoms with E-state index in [-0.39, 0.29) is 5.96 Å². The monoisotopic (exact) mass is 557 g/mol. The van der Waals surface area contributed by atoms with Gasteiger partial charge in [0.05, 0.1) is 0 Å². The lowest BCUT2D eigenvalue weighted by Gasteiger charge is -2.38. The Morgan fingerprint density at radius 2 is 1.54 bits per heavy atom. The molecule has 0 aliphatic carbocycles. The van der Waals surface area contributed by atoms with Gasteiger partial charge in [-0.2, -0.15) is 13.2 Å². The van der Waals surface area contributed by atoms with Crippen molar-refractivity contribution in [2.24, 2.45) is 16.5 Å². The predicted molar refractivity (Wildman–Crippen MR) is 148 cm³/mol. The van der Waals surface area contributed by atoms with Gasteiger partial charge in [0.1, 0.15) is 0 Å². The smallest absolute Gasteiger partial charge is 0.475 e. The predicted octanol–water partition coefficient (Wildman–Crippen LogP) is 4.57. The summed E-state index contributed by atoms with van der Waals surface area (Å²) in [4.78, 5) is 30.3. The Kier molecular flexibility index (Phi) is 16.9. The van der Waals surface area contributed by atoms with Gasteiger partial charge in [0.2, 0.25) is 5.91 Å². The van der Waals surface area contributed by atoms with E-state index >= 15 is 0 Å². The van der Waals surface area contributed by atoms with Gasteiger partial charge in [0.15, 0.2) is 5.96 Å². The van der Waals surface area contributed by atoms with E-state index in [0.717, 1.165) is 64.8 Å². The number of likely N-dealkylation sites (tertiary alicyclic amines) is 1. The fourth-order valence-corrected chi connectivity index (χ4v) is 4.59. The lowest BCUT2D eigenvalue weighted by Crippen LogP contribution is -2.48. The van der Waals surface area contributed by atoms with Gasteiger partial charge in [-0.05, 0) is 37.7 Å². The van der Waals surface area contributed by atoms with Crippen LogP contribution in [0, 0.1) is 0 Å². The van der Waals surface area contributed by atoms with Crippen LogP contribution in [0.3, 0.4) is 0 Å². The average molecular weight is 558 g/mol. The van der Waals surface area contributed by atoms with Crippen molar-refractivity contribution in [2.45, 2.75) is 89.8 Å². The Morgan fingerprint density at radius 3 is 2.05 bits per heavy atom. The summed E-state index contributed by atoms with van der Waals surface area (Å²) in [6.07, 6.45) is 7.15. The number of nitrogens with two attached hydrogens (primary N) is 2. The zero-order valence-corrected chi connectivity index (χ0v) is 23.2. The summed E-state index contributed by atoms with van der Waals surface area (Å²) in [7, 11) is 0. The van der Waals surface area contributed by atoms with E-state index < -0.39 is 12.1 Å². The molecule has 39 heavy (non-hydrogen) atoms. The van der Waals surface area contributed by atoms with E-state index in [1.165, 1.54) is 37.7 Å². The van der Waals surface area contributed by atoms with Crippen molar-refractivity contribution in [1.82, 2.24) is 9.80 Å². The molecule has 1 amide bonds. The number of nitrogens with zero attached hydrogens (tertiary/aromatic N) is 3. The number of piperidine rings is 1. The number of unbranched alkanes of at least 4 members (excludes halogenated alkanes) is 6. The molecule has 0 radical (unpaired) electrons. The highest BCUT2D eigenvalue weighted by Crippen LogP contribution is 2.19. The molecule has 1 aliphatic heterocycles. The number of halogens is 3. The minimum atomic E-state index is -5.08. The van der Waals surface area contributed by atoms with Crippen LogP contribution in [0.25, 0.3) is 0 Å². The molecule has 2 rings (SSSR count). The molecular weight excluding hydrogens is 511 g/mol. The molecule has 222 valence electrons. The molecule has 0 bridgehead atoms. The third-order valence-corrected chi connectivity index (χ3v) is 6.77. The van der Waals surface area contributed by atoms with Crippen LogP contribution >= 0.6 is 0 Å². The van der Waals surface area contributed by atoms with Crippen molar-refractivity contribution in [3.05, 3.63) is 35.9 Å². The molecule has 0 unspecified atom stereocenters. The first-order chi connectivity index (χ1) is 18.5. The number of carbonyl (C=O) groups is 2. The molecule has 0 atom stereocenters. The Hall–Kier alpha value is -2.82. The minimum Gasteiger partial charge on any atom is -0.475 e. The summed E-state index contributed by atoms with van der Waals surface area (Å²) in [5.41, 5.74) is 12.1. The van der Waals surface area contributed by atoms with Crippen LogP contribution in [0.2, 0.25) is 0 Å². The summed E-state index contributed by atoms with van der Waals surface area (Å²) >= 11 is 0. The Balaban J connectivity index is 0.000000956. The summed E-state index contributed by atoms with van der Waals surface area (Å²) in [6.45, 7) is 6.97. The van der Waals surface area contributed by atoms with Crippen LogP contribution in [0.5, 0.6) is 0 Å². The quantitative estimate of drug-likeness (QED) is 0.165. The number of carboxylic acids is 1. The highest BCUT2D eigenvalue weighted by Gasteiger charge is 2.38. The number of guanidine groups is 1. The molecule has 8 nitrogen and oxygen atoms in total. The minimum absolute atomic E-state index is 0.189. The van der Waals surface area contributed by atoms with Gasteiger partial charge >= 0.3 is 12.1 Å². The highest BCUT2D eigenvalue weighted by molar-refractivity contribution is 5.76. The lowest BCUT2D eigenvalue weighted by atomic mass is 10.0. The van der Waals surface area contributed by atoms with Crippen molar-refractivity contribution in [2.75, 3.05) is 32.7 Å². The number of hydrogen-bond acceptors (Lipinski definition) is 4. The van der Waals surface area contributed by atoms with E-state index in [1.54, 1.807) is 0 Å². The number of aliphatic carboxylic acids is 1. The number of hydrogen-bond donors (Lipinski definition) is 3. The zero-order valence-electron chi connectivity index (χ0n) is 23.2.